The number of thioether (sulfide) groups is 1. The third-order valence-electron chi connectivity index (χ3n) is 6.36. The quantitative estimate of drug-likeness (QED) is 0.485. The molecule has 2 saturated heterocycles. The molecule has 3 atom stereocenters. The molecule has 2 aliphatic rings. The molecule has 4 rings (SSSR count). The second-order valence-corrected chi connectivity index (χ2v) is 10.9. The molecule has 0 aromatic carbocycles. The van der Waals surface area contributed by atoms with Crippen molar-refractivity contribution in [2.24, 2.45) is 11.8 Å². The van der Waals surface area contributed by atoms with E-state index in [9.17, 15) is 9.59 Å². The topological polar surface area (TPSA) is 57.9 Å². The third kappa shape index (κ3) is 4.10. The Hall–Kier alpha value is -2.19. The number of thiocarbonyl (C=S) groups is 1. The van der Waals surface area contributed by atoms with Crippen LogP contribution in [0.3, 0.4) is 0 Å². The highest BCUT2D eigenvalue weighted by molar-refractivity contribution is 8.26. The molecule has 0 spiro atoms. The highest BCUT2D eigenvalue weighted by atomic mass is 32.2. The summed E-state index contributed by atoms with van der Waals surface area (Å²) in [6.07, 6.45) is 5.43. The van der Waals surface area contributed by atoms with E-state index >= 15 is 0 Å². The van der Waals surface area contributed by atoms with Crippen LogP contribution in [0, 0.1) is 18.8 Å². The average molecular weight is 471 g/mol. The SMILES string of the molecule is CC[C@@H](C)N1C(=O)/C(=C\c2c(N3C[C@H](C)C[C@H](C)C3)nc3c(C)cccn3c2=O)SC1=S. The van der Waals surface area contributed by atoms with E-state index in [1.54, 1.807) is 21.6 Å². The average Bonchev–Trinajstić information content (AvgIpc) is 3.02. The minimum atomic E-state index is -0.159. The fourth-order valence-electron chi connectivity index (χ4n) is 4.68. The number of rotatable bonds is 4. The zero-order chi connectivity index (χ0) is 23.2. The second kappa shape index (κ2) is 8.98. The Kier molecular flexibility index (Phi) is 6.45. The van der Waals surface area contributed by atoms with Crippen molar-refractivity contribution < 1.29 is 4.79 Å². The number of hydrogen-bond donors (Lipinski definition) is 0. The molecule has 1 amide bonds. The van der Waals surface area contributed by atoms with Gasteiger partial charge in [0.05, 0.1) is 10.5 Å². The number of nitrogens with zero attached hydrogens (tertiary/aromatic N) is 4. The maximum atomic E-state index is 13.6. The van der Waals surface area contributed by atoms with Gasteiger partial charge in [-0.2, -0.15) is 0 Å². The smallest absolute Gasteiger partial charge is 0.267 e. The van der Waals surface area contributed by atoms with Crippen LogP contribution in [0.1, 0.15) is 51.7 Å². The Labute approximate surface area is 198 Å². The number of carbonyl (C=O) groups excluding carboxylic acids is 1. The Balaban J connectivity index is 1.89. The fraction of sp³-hybridized carbons (Fsp3) is 0.500. The van der Waals surface area contributed by atoms with Crippen LogP contribution in [-0.2, 0) is 4.79 Å². The van der Waals surface area contributed by atoms with E-state index in [-0.39, 0.29) is 17.5 Å². The molecule has 0 unspecified atom stereocenters. The summed E-state index contributed by atoms with van der Waals surface area (Å²) in [5, 5.41) is 0. The van der Waals surface area contributed by atoms with Crippen molar-refractivity contribution in [3.63, 3.8) is 0 Å². The molecule has 0 bridgehead atoms. The van der Waals surface area contributed by atoms with Crippen LogP contribution < -0.4 is 10.5 Å². The Bertz CT molecular complexity index is 1160. The molecule has 0 saturated carbocycles. The second-order valence-electron chi connectivity index (χ2n) is 9.20. The van der Waals surface area contributed by atoms with E-state index in [2.05, 4.69) is 18.7 Å². The van der Waals surface area contributed by atoms with Gasteiger partial charge in [0.1, 0.15) is 15.8 Å². The van der Waals surface area contributed by atoms with Crippen molar-refractivity contribution in [2.75, 3.05) is 18.0 Å². The standard InChI is InChI=1S/C24H30N4O2S2/c1-6-17(5)28-23(30)19(32-24(28)31)11-18-21(26-12-14(2)10-15(3)13-26)25-20-16(4)8-7-9-27(20)22(18)29/h7-9,11,14-15,17H,6,10,12-13H2,1-5H3/b19-11+/t14-,15+,17-/m1/s1. The lowest BCUT2D eigenvalue weighted by Crippen LogP contribution is -2.41. The maximum Gasteiger partial charge on any atom is 0.267 e. The van der Waals surface area contributed by atoms with Gasteiger partial charge in [-0.15, -0.1) is 0 Å². The van der Waals surface area contributed by atoms with Crippen LogP contribution in [0.25, 0.3) is 11.7 Å². The van der Waals surface area contributed by atoms with Gasteiger partial charge in [0.15, 0.2) is 0 Å². The van der Waals surface area contributed by atoms with Gasteiger partial charge in [-0.3, -0.25) is 18.9 Å². The number of aryl methyl sites for hydroxylation is 1. The number of aromatic nitrogens is 2. The predicted octanol–water partition coefficient (Wildman–Crippen LogP) is 4.48. The van der Waals surface area contributed by atoms with Gasteiger partial charge in [0.25, 0.3) is 11.5 Å². The van der Waals surface area contributed by atoms with Gasteiger partial charge in [0, 0.05) is 25.3 Å². The van der Waals surface area contributed by atoms with E-state index < -0.39 is 0 Å². The molecule has 4 heterocycles. The first-order chi connectivity index (χ1) is 15.2. The van der Waals surface area contributed by atoms with E-state index in [1.807, 2.05) is 32.9 Å². The van der Waals surface area contributed by atoms with Crippen molar-refractivity contribution in [3.05, 3.63) is 44.7 Å². The number of hydrogen-bond acceptors (Lipinski definition) is 6. The largest absolute Gasteiger partial charge is 0.355 e. The molecule has 2 aliphatic heterocycles. The number of amides is 1. The number of anilines is 1. The van der Waals surface area contributed by atoms with Gasteiger partial charge in [-0.1, -0.05) is 50.8 Å². The molecular weight excluding hydrogens is 440 g/mol. The molecular formula is C24H30N4O2S2. The summed E-state index contributed by atoms with van der Waals surface area (Å²) in [7, 11) is 0. The summed E-state index contributed by atoms with van der Waals surface area (Å²) in [6, 6.07) is 3.84. The molecule has 8 heteroatoms. The number of fused-ring (bicyclic) bond motifs is 1. The molecule has 32 heavy (non-hydrogen) atoms. The van der Waals surface area contributed by atoms with Crippen LogP contribution >= 0.6 is 24.0 Å². The van der Waals surface area contributed by atoms with Gasteiger partial charge in [0.2, 0.25) is 0 Å². The minimum absolute atomic E-state index is 0.0233. The molecule has 2 aromatic rings. The highest BCUT2D eigenvalue weighted by Gasteiger charge is 2.35. The van der Waals surface area contributed by atoms with Crippen LogP contribution in [0.15, 0.2) is 28.0 Å². The number of piperidine rings is 1. The van der Waals surface area contributed by atoms with Crippen molar-refractivity contribution in [3.8, 4) is 0 Å². The molecule has 170 valence electrons. The van der Waals surface area contributed by atoms with Crippen LogP contribution in [0.2, 0.25) is 0 Å². The first-order valence-electron chi connectivity index (χ1n) is 11.2. The van der Waals surface area contributed by atoms with E-state index in [4.69, 9.17) is 17.2 Å². The van der Waals surface area contributed by atoms with Crippen LogP contribution in [-0.4, -0.2) is 43.6 Å². The zero-order valence-electron chi connectivity index (χ0n) is 19.3. The summed E-state index contributed by atoms with van der Waals surface area (Å²) in [4.78, 5) is 36.1. The summed E-state index contributed by atoms with van der Waals surface area (Å²) < 4.78 is 2.12. The Morgan fingerprint density at radius 2 is 1.97 bits per heavy atom. The van der Waals surface area contributed by atoms with Gasteiger partial charge in [-0.05, 0) is 56.2 Å². The predicted molar refractivity (Wildman–Crippen MR) is 136 cm³/mol. The normalized spacial score (nSPS) is 24.1. The lowest BCUT2D eigenvalue weighted by atomic mass is 9.91. The fourth-order valence-corrected chi connectivity index (χ4v) is 6.12. The van der Waals surface area contributed by atoms with Crippen LogP contribution in [0.4, 0.5) is 5.82 Å². The third-order valence-corrected chi connectivity index (χ3v) is 7.69. The first-order valence-corrected chi connectivity index (χ1v) is 12.5. The summed E-state index contributed by atoms with van der Waals surface area (Å²) in [5.74, 6) is 1.55. The van der Waals surface area contributed by atoms with E-state index in [0.29, 0.717) is 38.1 Å². The maximum absolute atomic E-state index is 13.6. The monoisotopic (exact) mass is 470 g/mol. The first kappa shape index (κ1) is 23.0. The lowest BCUT2D eigenvalue weighted by molar-refractivity contribution is -0.123. The molecule has 0 aliphatic carbocycles. The van der Waals surface area contributed by atoms with Gasteiger partial charge < -0.3 is 4.90 Å². The molecule has 2 aromatic heterocycles. The zero-order valence-corrected chi connectivity index (χ0v) is 20.9. The number of pyridine rings is 1. The highest BCUT2D eigenvalue weighted by Crippen LogP contribution is 2.36. The minimum Gasteiger partial charge on any atom is -0.355 e. The molecule has 0 radical (unpaired) electrons. The molecule has 6 nitrogen and oxygen atoms in total. The summed E-state index contributed by atoms with van der Waals surface area (Å²) >= 11 is 6.76. The Morgan fingerprint density at radius 3 is 2.62 bits per heavy atom. The van der Waals surface area contributed by atoms with Crippen molar-refractivity contribution >= 4 is 51.7 Å². The summed E-state index contributed by atoms with van der Waals surface area (Å²) in [5.41, 5.74) is 1.90. The molecule has 2 fully saturated rings. The van der Waals surface area contributed by atoms with Gasteiger partial charge in [-0.25, -0.2) is 4.98 Å². The van der Waals surface area contributed by atoms with E-state index in [0.717, 1.165) is 31.5 Å². The van der Waals surface area contributed by atoms with Gasteiger partial charge >= 0.3 is 0 Å². The Morgan fingerprint density at radius 1 is 1.28 bits per heavy atom. The number of carbonyl (C=O) groups is 1. The van der Waals surface area contributed by atoms with Crippen molar-refractivity contribution in [2.45, 2.75) is 53.5 Å². The van der Waals surface area contributed by atoms with Crippen molar-refractivity contribution in [1.82, 2.24) is 14.3 Å². The molecule has 0 N–H and O–H groups in total. The summed E-state index contributed by atoms with van der Waals surface area (Å²) in [6.45, 7) is 12.1. The van der Waals surface area contributed by atoms with Crippen molar-refractivity contribution in [1.29, 1.82) is 0 Å². The van der Waals surface area contributed by atoms with Crippen LogP contribution in [0.5, 0.6) is 0 Å². The van der Waals surface area contributed by atoms with E-state index in [1.165, 1.54) is 11.8 Å². The lowest BCUT2D eigenvalue weighted by Gasteiger charge is -2.36.